The number of nitriles is 1. The molecule has 0 unspecified atom stereocenters. The number of nitrogens with one attached hydrogen (secondary N) is 1. The number of aryl methyl sites for hydroxylation is 2. The fourth-order valence-corrected chi connectivity index (χ4v) is 3.13. The number of benzene rings is 2. The second kappa shape index (κ2) is 9.47. The van der Waals surface area contributed by atoms with E-state index >= 15 is 0 Å². The Labute approximate surface area is 173 Å². The number of amides is 2. The average Bonchev–Trinajstić information content (AvgIpc) is 3.02. The van der Waals surface area contributed by atoms with E-state index in [4.69, 9.17) is 5.26 Å². The molecule has 2 N–H and O–H groups in total. The van der Waals surface area contributed by atoms with Gasteiger partial charge in [-0.25, -0.2) is 0 Å². The highest BCUT2D eigenvalue weighted by Crippen LogP contribution is 2.38. The maximum atomic E-state index is 12.2. The van der Waals surface area contributed by atoms with Gasteiger partial charge in [0.1, 0.15) is 6.54 Å². The normalized spacial score (nSPS) is 10.9. The van der Waals surface area contributed by atoms with Crippen molar-refractivity contribution in [2.24, 2.45) is 10.2 Å². The van der Waals surface area contributed by atoms with E-state index in [2.05, 4.69) is 21.6 Å². The average molecular weight is 403 g/mol. The molecule has 1 aromatic heterocycles. The van der Waals surface area contributed by atoms with Crippen molar-refractivity contribution in [1.29, 1.82) is 5.26 Å². The predicted molar refractivity (Wildman–Crippen MR) is 111 cm³/mol. The standard InChI is InChI=1S/C22H21N5O3/c1-15-8-2-3-9-16(15)21(29)24-14-19(28)25-26-20-17-10-4-5-11-18(17)27(22(20)30)13-7-6-12-23/h2-5,8-11,30H,6-7,13-14H2,1H3,(H,24,29). The number of hydrogen-bond donors (Lipinski definition) is 2. The van der Waals surface area contributed by atoms with Crippen molar-refractivity contribution >= 4 is 28.4 Å². The van der Waals surface area contributed by atoms with Crippen molar-refractivity contribution in [2.45, 2.75) is 26.3 Å². The van der Waals surface area contributed by atoms with Crippen molar-refractivity contribution < 1.29 is 14.7 Å². The summed E-state index contributed by atoms with van der Waals surface area (Å²) in [5, 5.41) is 30.1. The van der Waals surface area contributed by atoms with Gasteiger partial charge < -0.3 is 15.0 Å². The minimum Gasteiger partial charge on any atom is -0.493 e. The fraction of sp³-hybridized carbons (Fsp3) is 0.227. The molecule has 1 heterocycles. The molecule has 8 nitrogen and oxygen atoms in total. The van der Waals surface area contributed by atoms with Crippen LogP contribution in [0, 0.1) is 18.3 Å². The summed E-state index contributed by atoms with van der Waals surface area (Å²) in [5.41, 5.74) is 2.21. The van der Waals surface area contributed by atoms with Gasteiger partial charge in [0.2, 0.25) is 5.88 Å². The number of hydrogen-bond acceptors (Lipinski definition) is 5. The number of aromatic nitrogens is 1. The molecule has 3 aromatic rings. The monoisotopic (exact) mass is 403 g/mol. The van der Waals surface area contributed by atoms with Gasteiger partial charge >= 0.3 is 0 Å². The smallest absolute Gasteiger partial charge is 0.283 e. The van der Waals surface area contributed by atoms with Crippen LogP contribution in [0.25, 0.3) is 10.9 Å². The Morgan fingerprint density at radius 1 is 1.17 bits per heavy atom. The van der Waals surface area contributed by atoms with Gasteiger partial charge in [-0.15, -0.1) is 10.2 Å². The van der Waals surface area contributed by atoms with Crippen molar-refractivity contribution in [3.8, 4) is 11.9 Å². The second-order valence-electron chi connectivity index (χ2n) is 6.69. The molecule has 2 amide bonds. The largest absolute Gasteiger partial charge is 0.493 e. The minimum atomic E-state index is -0.641. The zero-order valence-electron chi connectivity index (χ0n) is 16.5. The van der Waals surface area contributed by atoms with Crippen LogP contribution in [0.2, 0.25) is 0 Å². The maximum absolute atomic E-state index is 12.2. The number of carbonyl (C=O) groups excluding carboxylic acids is 2. The third-order valence-corrected chi connectivity index (χ3v) is 4.64. The fourth-order valence-electron chi connectivity index (χ4n) is 3.13. The minimum absolute atomic E-state index is 0.116. The Bertz CT molecular complexity index is 1160. The molecule has 152 valence electrons. The molecule has 0 saturated heterocycles. The molecule has 0 atom stereocenters. The van der Waals surface area contributed by atoms with Crippen molar-refractivity contribution in [1.82, 2.24) is 9.88 Å². The van der Waals surface area contributed by atoms with Crippen molar-refractivity contribution in [2.75, 3.05) is 6.54 Å². The van der Waals surface area contributed by atoms with Crippen LogP contribution < -0.4 is 5.32 Å². The highest BCUT2D eigenvalue weighted by atomic mass is 16.3. The van der Waals surface area contributed by atoms with E-state index in [0.29, 0.717) is 30.3 Å². The predicted octanol–water partition coefficient (Wildman–Crippen LogP) is 4.00. The second-order valence-corrected chi connectivity index (χ2v) is 6.69. The first-order valence-electron chi connectivity index (χ1n) is 9.48. The molecule has 0 bridgehead atoms. The molecule has 0 aliphatic carbocycles. The number of unbranched alkanes of at least 4 members (excludes halogenated alkanes) is 1. The van der Waals surface area contributed by atoms with Crippen LogP contribution in [0.1, 0.15) is 28.8 Å². The summed E-state index contributed by atoms with van der Waals surface area (Å²) in [6.45, 7) is 1.94. The highest BCUT2D eigenvalue weighted by Gasteiger charge is 2.16. The molecule has 0 saturated carbocycles. The lowest BCUT2D eigenvalue weighted by atomic mass is 10.1. The Hall–Kier alpha value is -3.99. The number of rotatable bonds is 7. The van der Waals surface area contributed by atoms with Gasteiger partial charge in [-0.05, 0) is 31.0 Å². The summed E-state index contributed by atoms with van der Waals surface area (Å²) >= 11 is 0. The number of carbonyl (C=O) groups is 2. The summed E-state index contributed by atoms with van der Waals surface area (Å²) in [7, 11) is 0. The third-order valence-electron chi connectivity index (χ3n) is 4.64. The lowest BCUT2D eigenvalue weighted by Gasteiger charge is -2.05. The number of aromatic hydroxyl groups is 1. The molecule has 2 aromatic carbocycles. The van der Waals surface area contributed by atoms with E-state index in [1.807, 2.05) is 31.2 Å². The SMILES string of the molecule is Cc1ccccc1C(=O)NCC(=O)N=Nc1c(O)n(CCCC#N)c2ccccc12. The van der Waals surface area contributed by atoms with Crippen LogP contribution in [0.15, 0.2) is 58.8 Å². The van der Waals surface area contributed by atoms with Gasteiger partial charge in [-0.2, -0.15) is 5.26 Å². The first-order valence-corrected chi connectivity index (χ1v) is 9.48. The highest BCUT2D eigenvalue weighted by molar-refractivity contribution is 5.98. The van der Waals surface area contributed by atoms with Gasteiger partial charge in [0, 0.05) is 23.9 Å². The molecule has 0 aliphatic heterocycles. The summed E-state index contributed by atoms with van der Waals surface area (Å²) < 4.78 is 1.64. The number of fused-ring (bicyclic) bond motifs is 1. The lowest BCUT2D eigenvalue weighted by Crippen LogP contribution is -2.29. The molecule has 0 radical (unpaired) electrons. The van der Waals surface area contributed by atoms with E-state index < -0.39 is 5.91 Å². The summed E-state index contributed by atoms with van der Waals surface area (Å²) in [4.78, 5) is 24.3. The van der Waals surface area contributed by atoms with E-state index in [0.717, 1.165) is 11.1 Å². The first kappa shape index (κ1) is 20.7. The van der Waals surface area contributed by atoms with Gasteiger partial charge in [0.25, 0.3) is 11.8 Å². The summed E-state index contributed by atoms with van der Waals surface area (Å²) in [6.07, 6.45) is 0.936. The number of nitrogens with zero attached hydrogens (tertiary/aromatic N) is 4. The molecule has 0 spiro atoms. The topological polar surface area (TPSA) is 120 Å². The Kier molecular flexibility index (Phi) is 6.55. The first-order chi connectivity index (χ1) is 14.5. The molecular weight excluding hydrogens is 382 g/mol. The van der Waals surface area contributed by atoms with E-state index in [-0.39, 0.29) is 24.0 Å². The zero-order valence-corrected chi connectivity index (χ0v) is 16.5. The van der Waals surface area contributed by atoms with Crippen molar-refractivity contribution in [3.63, 3.8) is 0 Å². The molecular formula is C22H21N5O3. The van der Waals surface area contributed by atoms with Gasteiger partial charge in [-0.3, -0.25) is 9.59 Å². The van der Waals surface area contributed by atoms with Crippen LogP contribution in [0.3, 0.4) is 0 Å². The van der Waals surface area contributed by atoms with Crippen LogP contribution in [-0.4, -0.2) is 28.0 Å². The molecule has 0 aliphatic rings. The van der Waals surface area contributed by atoms with Crippen LogP contribution in [0.4, 0.5) is 5.69 Å². The Balaban J connectivity index is 1.73. The Morgan fingerprint density at radius 3 is 2.67 bits per heavy atom. The van der Waals surface area contributed by atoms with Gasteiger partial charge in [-0.1, -0.05) is 36.4 Å². The zero-order chi connectivity index (χ0) is 21.5. The van der Waals surface area contributed by atoms with E-state index in [1.165, 1.54) is 0 Å². The quantitative estimate of drug-likeness (QED) is 0.457. The Morgan fingerprint density at radius 2 is 1.90 bits per heavy atom. The van der Waals surface area contributed by atoms with Crippen LogP contribution >= 0.6 is 0 Å². The van der Waals surface area contributed by atoms with Crippen LogP contribution in [0.5, 0.6) is 5.88 Å². The van der Waals surface area contributed by atoms with Crippen molar-refractivity contribution in [3.05, 3.63) is 59.7 Å². The third kappa shape index (κ3) is 4.52. The van der Waals surface area contributed by atoms with Gasteiger partial charge in [0.15, 0.2) is 5.69 Å². The van der Waals surface area contributed by atoms with Gasteiger partial charge in [0.05, 0.1) is 11.6 Å². The summed E-state index contributed by atoms with van der Waals surface area (Å²) in [5.74, 6) is -1.12. The van der Waals surface area contributed by atoms with Crippen LogP contribution in [-0.2, 0) is 11.3 Å². The van der Waals surface area contributed by atoms with E-state index in [1.54, 1.807) is 28.8 Å². The maximum Gasteiger partial charge on any atom is 0.283 e. The lowest BCUT2D eigenvalue weighted by molar-refractivity contribution is -0.117. The summed E-state index contributed by atoms with van der Waals surface area (Å²) in [6, 6.07) is 16.4. The molecule has 8 heteroatoms. The molecule has 0 fully saturated rings. The number of azo groups is 1. The number of para-hydroxylation sites is 1. The van der Waals surface area contributed by atoms with E-state index in [9.17, 15) is 14.7 Å². The molecule has 3 rings (SSSR count). The molecule has 30 heavy (non-hydrogen) atoms.